The molecule has 0 atom stereocenters. The van der Waals surface area contributed by atoms with Crippen LogP contribution in [-0.4, -0.2) is 0 Å². The molecule has 138 valence electrons. The molecule has 0 aliphatic heterocycles. The Kier molecular flexibility index (Phi) is 2.87. The van der Waals surface area contributed by atoms with Crippen molar-refractivity contribution in [3.8, 4) is 33.4 Å². The second-order valence-corrected chi connectivity index (χ2v) is 9.01. The predicted molar refractivity (Wildman–Crippen MR) is 121 cm³/mol. The monoisotopic (exact) mass is 370 g/mol. The number of fused-ring (bicyclic) bond motifs is 11. The van der Waals surface area contributed by atoms with E-state index in [4.69, 9.17) is 0 Å². The van der Waals surface area contributed by atoms with Crippen LogP contribution in [0.3, 0.4) is 0 Å². The Morgan fingerprint density at radius 3 is 1.83 bits per heavy atom. The quantitative estimate of drug-likeness (QED) is 0.269. The van der Waals surface area contributed by atoms with E-state index < -0.39 is 0 Å². The van der Waals surface area contributed by atoms with Crippen LogP contribution in [0, 0.1) is 13.8 Å². The normalized spacial score (nSPS) is 14.1. The Morgan fingerprint density at radius 2 is 1.07 bits per heavy atom. The molecule has 0 amide bonds. The van der Waals surface area contributed by atoms with Crippen LogP contribution in [0.1, 0.15) is 44.5 Å². The molecule has 0 saturated carbocycles. The second kappa shape index (κ2) is 5.27. The molecular formula is C29H22. The van der Waals surface area contributed by atoms with E-state index in [-0.39, 0.29) is 0 Å². The largest absolute Gasteiger partial charge is 0.0619 e. The topological polar surface area (TPSA) is 0 Å². The molecule has 0 aromatic heterocycles. The van der Waals surface area contributed by atoms with Gasteiger partial charge in [0.1, 0.15) is 0 Å². The van der Waals surface area contributed by atoms with Crippen LogP contribution in [0.4, 0.5) is 0 Å². The molecule has 4 aromatic rings. The smallest absolute Gasteiger partial charge is 0.000707 e. The van der Waals surface area contributed by atoms with Gasteiger partial charge < -0.3 is 0 Å². The molecule has 29 heavy (non-hydrogen) atoms. The zero-order valence-corrected chi connectivity index (χ0v) is 16.9. The average Bonchev–Trinajstić information content (AvgIpc) is 3.38. The van der Waals surface area contributed by atoms with E-state index in [2.05, 4.69) is 74.5 Å². The molecular weight excluding hydrogens is 348 g/mol. The molecule has 0 heteroatoms. The van der Waals surface area contributed by atoms with Gasteiger partial charge in [0.15, 0.2) is 0 Å². The molecule has 0 spiro atoms. The third kappa shape index (κ3) is 1.90. The summed E-state index contributed by atoms with van der Waals surface area (Å²) in [4.78, 5) is 0. The first-order valence-corrected chi connectivity index (χ1v) is 10.7. The summed E-state index contributed by atoms with van der Waals surface area (Å²) in [6, 6.07) is 23.0. The average molecular weight is 370 g/mol. The number of rotatable bonds is 0. The van der Waals surface area contributed by atoms with Crippen molar-refractivity contribution in [2.24, 2.45) is 0 Å². The molecule has 4 aromatic carbocycles. The molecule has 3 aliphatic carbocycles. The highest BCUT2D eigenvalue weighted by Gasteiger charge is 2.34. The third-order valence-electron chi connectivity index (χ3n) is 7.39. The van der Waals surface area contributed by atoms with Crippen LogP contribution in [-0.2, 0) is 19.3 Å². The third-order valence-corrected chi connectivity index (χ3v) is 7.39. The number of aryl methyl sites for hydroxylation is 2. The van der Waals surface area contributed by atoms with Crippen molar-refractivity contribution in [1.82, 2.24) is 0 Å². The SMILES string of the molecule is Cc1cc2c(c3c1Cc1ccccc1-3)-c1c(cc(C)c3c1Cc1ccccc1-3)C2. The molecule has 0 unspecified atom stereocenters. The highest BCUT2D eigenvalue weighted by molar-refractivity contribution is 6.00. The van der Waals surface area contributed by atoms with Crippen molar-refractivity contribution in [1.29, 1.82) is 0 Å². The van der Waals surface area contributed by atoms with E-state index in [9.17, 15) is 0 Å². The van der Waals surface area contributed by atoms with Crippen LogP contribution < -0.4 is 0 Å². The van der Waals surface area contributed by atoms with Crippen molar-refractivity contribution < 1.29 is 0 Å². The Labute approximate surface area is 171 Å². The van der Waals surface area contributed by atoms with Gasteiger partial charge in [-0.05, 0) is 111 Å². The van der Waals surface area contributed by atoms with Gasteiger partial charge in [-0.25, -0.2) is 0 Å². The summed E-state index contributed by atoms with van der Waals surface area (Å²) < 4.78 is 0. The van der Waals surface area contributed by atoms with E-state index in [1.807, 2.05) is 0 Å². The van der Waals surface area contributed by atoms with Crippen molar-refractivity contribution in [2.45, 2.75) is 33.1 Å². The van der Waals surface area contributed by atoms with Crippen LogP contribution >= 0.6 is 0 Å². The summed E-state index contributed by atoms with van der Waals surface area (Å²) >= 11 is 0. The molecule has 0 N–H and O–H groups in total. The maximum Gasteiger partial charge on any atom is -0.000707 e. The second-order valence-electron chi connectivity index (χ2n) is 9.01. The maximum atomic E-state index is 2.48. The van der Waals surface area contributed by atoms with E-state index in [0.717, 1.165) is 19.3 Å². The summed E-state index contributed by atoms with van der Waals surface area (Å²) in [7, 11) is 0. The van der Waals surface area contributed by atoms with Crippen molar-refractivity contribution in [2.75, 3.05) is 0 Å². The molecule has 0 nitrogen and oxygen atoms in total. The zero-order chi connectivity index (χ0) is 19.3. The van der Waals surface area contributed by atoms with Crippen molar-refractivity contribution >= 4 is 0 Å². The van der Waals surface area contributed by atoms with Gasteiger partial charge in [0, 0.05) is 0 Å². The minimum atomic E-state index is 1.07. The highest BCUT2D eigenvalue weighted by atomic mass is 14.4. The van der Waals surface area contributed by atoms with E-state index in [0.29, 0.717) is 0 Å². The van der Waals surface area contributed by atoms with Gasteiger partial charge in [-0.3, -0.25) is 0 Å². The van der Waals surface area contributed by atoms with E-state index in [1.165, 1.54) is 61.2 Å². The van der Waals surface area contributed by atoms with Crippen LogP contribution in [0.25, 0.3) is 33.4 Å². The van der Waals surface area contributed by atoms with Gasteiger partial charge in [0.05, 0.1) is 0 Å². The molecule has 0 heterocycles. The molecule has 0 saturated heterocycles. The number of benzene rings is 4. The van der Waals surface area contributed by atoms with Gasteiger partial charge in [-0.2, -0.15) is 0 Å². The molecule has 0 bridgehead atoms. The summed E-state index contributed by atoms with van der Waals surface area (Å²) in [6.45, 7) is 4.61. The fourth-order valence-electron chi connectivity index (χ4n) is 6.27. The fourth-order valence-corrected chi connectivity index (χ4v) is 6.27. The van der Waals surface area contributed by atoms with Gasteiger partial charge in [0.2, 0.25) is 0 Å². The van der Waals surface area contributed by atoms with Gasteiger partial charge in [-0.15, -0.1) is 0 Å². The Balaban J connectivity index is 1.59. The lowest BCUT2D eigenvalue weighted by atomic mass is 9.87. The molecule has 0 radical (unpaired) electrons. The minimum Gasteiger partial charge on any atom is -0.0619 e. The van der Waals surface area contributed by atoms with Crippen molar-refractivity contribution in [3.05, 3.63) is 105 Å². The standard InChI is InChI=1S/C29H22/c1-16-11-21-13-20-12-17(2)26-22-9-5-3-8-19(22)15-25(26)27(20)28(21)29-23-10-6-4-7-18(23)14-24(16)29/h3-12H,13-15H2,1-2H3. The predicted octanol–water partition coefficient (Wildman–Crippen LogP) is 7.02. The molecule has 7 rings (SSSR count). The Morgan fingerprint density at radius 1 is 0.483 bits per heavy atom. The van der Waals surface area contributed by atoms with Crippen molar-refractivity contribution in [3.63, 3.8) is 0 Å². The number of hydrogen-bond donors (Lipinski definition) is 0. The summed E-state index contributed by atoms with van der Waals surface area (Å²) in [5, 5.41) is 0. The van der Waals surface area contributed by atoms with Gasteiger partial charge in [0.25, 0.3) is 0 Å². The Hall–Kier alpha value is -3.12. The Bertz CT molecular complexity index is 1380. The molecule has 3 aliphatic rings. The molecule has 0 fully saturated rings. The highest BCUT2D eigenvalue weighted by Crippen LogP contribution is 2.54. The first-order chi connectivity index (χ1) is 14.2. The fraction of sp³-hybridized carbons (Fsp3) is 0.172. The maximum absolute atomic E-state index is 2.48. The minimum absolute atomic E-state index is 1.07. The first-order valence-electron chi connectivity index (χ1n) is 10.7. The summed E-state index contributed by atoms with van der Waals surface area (Å²) in [6.07, 6.45) is 3.22. The van der Waals surface area contributed by atoms with E-state index >= 15 is 0 Å². The number of hydrogen-bond acceptors (Lipinski definition) is 0. The van der Waals surface area contributed by atoms with Gasteiger partial charge >= 0.3 is 0 Å². The van der Waals surface area contributed by atoms with E-state index in [1.54, 1.807) is 16.7 Å². The van der Waals surface area contributed by atoms with Crippen LogP contribution in [0.2, 0.25) is 0 Å². The zero-order valence-electron chi connectivity index (χ0n) is 16.9. The lowest BCUT2D eigenvalue weighted by molar-refractivity contribution is 1.19. The summed E-state index contributed by atoms with van der Waals surface area (Å²) in [5.74, 6) is 0. The van der Waals surface area contributed by atoms with Crippen LogP contribution in [0.15, 0.2) is 60.7 Å². The van der Waals surface area contributed by atoms with Gasteiger partial charge in [-0.1, -0.05) is 60.7 Å². The lowest BCUT2D eigenvalue weighted by Crippen LogP contribution is -1.95. The van der Waals surface area contributed by atoms with Crippen LogP contribution in [0.5, 0.6) is 0 Å². The lowest BCUT2D eigenvalue weighted by Gasteiger charge is -2.16. The summed E-state index contributed by atoms with van der Waals surface area (Å²) in [5.41, 5.74) is 21.0. The first kappa shape index (κ1) is 15.8.